The van der Waals surface area contributed by atoms with E-state index in [2.05, 4.69) is 0 Å². The normalized spacial score (nSPS) is 22.6. The van der Waals surface area contributed by atoms with Crippen LogP contribution in [0.5, 0.6) is 69.0 Å². The maximum Gasteiger partial charge on any atom is 0.135 e. The highest BCUT2D eigenvalue weighted by Gasteiger charge is 2.55. The number of ether oxygens (including phenoxy) is 2. The van der Waals surface area contributed by atoms with Crippen molar-refractivity contribution < 1.29 is 60.5 Å². The molecule has 8 aromatic rings. The van der Waals surface area contributed by atoms with Gasteiger partial charge in [-0.2, -0.15) is 0 Å². The molecule has 0 bridgehead atoms. The van der Waals surface area contributed by atoms with Gasteiger partial charge in [0, 0.05) is 70.2 Å². The highest BCUT2D eigenvalue weighted by atomic mass is 16.5. The van der Waals surface area contributed by atoms with Crippen molar-refractivity contribution in [3.05, 3.63) is 212 Å². The van der Waals surface area contributed by atoms with Crippen LogP contribution in [0.4, 0.5) is 0 Å². The Bertz CT molecular complexity index is 3110. The zero-order valence-corrected chi connectivity index (χ0v) is 35.8. The number of benzene rings is 8. The predicted molar refractivity (Wildman–Crippen MR) is 248 cm³/mol. The van der Waals surface area contributed by atoms with E-state index in [4.69, 9.17) is 9.47 Å². The first-order valence-corrected chi connectivity index (χ1v) is 22.2. The second kappa shape index (κ2) is 14.9. The molecular weight excluding hydrogens is 865 g/mol. The van der Waals surface area contributed by atoms with Crippen molar-refractivity contribution in [1.82, 2.24) is 0 Å². The van der Waals surface area contributed by atoms with Gasteiger partial charge in [0.2, 0.25) is 0 Å². The van der Waals surface area contributed by atoms with E-state index in [1.165, 1.54) is 24.3 Å². The fourth-order valence-corrected chi connectivity index (χ4v) is 12.0. The van der Waals surface area contributed by atoms with Gasteiger partial charge >= 0.3 is 0 Å². The van der Waals surface area contributed by atoms with Gasteiger partial charge in [-0.05, 0) is 117 Å². The molecule has 0 saturated carbocycles. The summed E-state index contributed by atoms with van der Waals surface area (Å²) < 4.78 is 13.7. The minimum Gasteiger partial charge on any atom is -0.508 e. The number of phenolic OH excluding ortho intramolecular Hbond substituents is 10. The van der Waals surface area contributed by atoms with Crippen LogP contribution in [0.2, 0.25) is 0 Å². The van der Waals surface area contributed by atoms with E-state index in [0.29, 0.717) is 78.3 Å². The Labute approximate surface area is 388 Å². The summed E-state index contributed by atoms with van der Waals surface area (Å²) in [4.78, 5) is 0. The van der Waals surface area contributed by atoms with Crippen molar-refractivity contribution in [2.45, 2.75) is 47.7 Å². The molecule has 8 aromatic carbocycles. The molecule has 8 atom stereocenters. The smallest absolute Gasteiger partial charge is 0.135 e. The molecule has 2 aliphatic heterocycles. The summed E-state index contributed by atoms with van der Waals surface area (Å²) >= 11 is 0. The molecule has 0 fully saturated rings. The number of aromatic hydroxyl groups is 10. The summed E-state index contributed by atoms with van der Waals surface area (Å²) in [5.41, 5.74) is 6.75. The van der Waals surface area contributed by atoms with Gasteiger partial charge in [0.05, 0.1) is 11.8 Å². The Hall–Kier alpha value is -8.64. The van der Waals surface area contributed by atoms with Gasteiger partial charge in [-0.25, -0.2) is 0 Å². The molecule has 2 aliphatic carbocycles. The first kappa shape index (κ1) is 40.8. The minimum atomic E-state index is -0.918. The summed E-state index contributed by atoms with van der Waals surface area (Å²) in [6.07, 6.45) is -1.62. The van der Waals surface area contributed by atoms with Gasteiger partial charge in [-0.3, -0.25) is 0 Å². The first-order valence-electron chi connectivity index (χ1n) is 22.2. The maximum atomic E-state index is 12.5. The Morgan fingerprint density at radius 1 is 0.265 bits per heavy atom. The Balaban J connectivity index is 1.25. The average molecular weight is 907 g/mol. The van der Waals surface area contributed by atoms with E-state index in [1.807, 2.05) is 0 Å². The van der Waals surface area contributed by atoms with Gasteiger partial charge < -0.3 is 60.5 Å². The van der Waals surface area contributed by atoms with Gasteiger partial charge in [-0.15, -0.1) is 0 Å². The van der Waals surface area contributed by atoms with Crippen molar-refractivity contribution in [2.24, 2.45) is 0 Å². The third-order valence-electron chi connectivity index (χ3n) is 14.5. The molecule has 2 heterocycles. The molecule has 0 spiro atoms. The maximum absolute atomic E-state index is 12.5. The molecular formula is C56H42O12. The molecule has 0 radical (unpaired) electrons. The summed E-state index contributed by atoms with van der Waals surface area (Å²) in [5.74, 6) is -5.69. The van der Waals surface area contributed by atoms with Crippen LogP contribution in [0, 0.1) is 0 Å². The van der Waals surface area contributed by atoms with E-state index >= 15 is 0 Å². The van der Waals surface area contributed by atoms with E-state index in [1.54, 1.807) is 121 Å². The lowest BCUT2D eigenvalue weighted by Gasteiger charge is -2.40. The van der Waals surface area contributed by atoms with Crippen LogP contribution in [0.15, 0.2) is 146 Å². The zero-order chi connectivity index (χ0) is 46.9. The van der Waals surface area contributed by atoms with Gasteiger partial charge in [0.25, 0.3) is 0 Å². The van der Waals surface area contributed by atoms with Crippen molar-refractivity contribution >= 4 is 0 Å². The molecule has 12 rings (SSSR count). The second-order valence-electron chi connectivity index (χ2n) is 18.2. The quantitative estimate of drug-likeness (QED) is 0.0780. The van der Waals surface area contributed by atoms with E-state index in [-0.39, 0.29) is 57.5 Å². The molecule has 0 saturated heterocycles. The Morgan fingerprint density at radius 2 is 0.559 bits per heavy atom. The molecule has 338 valence electrons. The van der Waals surface area contributed by atoms with Gasteiger partial charge in [0.15, 0.2) is 0 Å². The Kier molecular flexibility index (Phi) is 8.97. The highest BCUT2D eigenvalue weighted by Crippen LogP contribution is 2.69. The van der Waals surface area contributed by atoms with Crippen LogP contribution in [-0.4, -0.2) is 51.1 Å². The summed E-state index contributed by atoms with van der Waals surface area (Å²) in [6.45, 7) is 0. The van der Waals surface area contributed by atoms with Gasteiger partial charge in [-0.1, -0.05) is 48.5 Å². The van der Waals surface area contributed by atoms with Crippen molar-refractivity contribution in [1.29, 1.82) is 0 Å². The molecule has 0 aromatic heterocycles. The molecule has 4 aliphatic rings. The number of hydrogen-bond donors (Lipinski definition) is 10. The highest BCUT2D eigenvalue weighted by molar-refractivity contribution is 5.71. The van der Waals surface area contributed by atoms with Crippen LogP contribution in [-0.2, 0) is 0 Å². The Morgan fingerprint density at radius 3 is 0.897 bits per heavy atom. The zero-order valence-electron chi connectivity index (χ0n) is 35.8. The molecule has 10 N–H and O–H groups in total. The lowest BCUT2D eigenvalue weighted by atomic mass is 9.62. The lowest BCUT2D eigenvalue weighted by molar-refractivity contribution is 0.221. The number of fused-ring (bicyclic) bond motifs is 4. The van der Waals surface area contributed by atoms with Crippen LogP contribution in [0.3, 0.4) is 0 Å². The summed E-state index contributed by atoms with van der Waals surface area (Å²) in [6, 6.07) is 38.4. The largest absolute Gasteiger partial charge is 0.508 e. The van der Waals surface area contributed by atoms with E-state index < -0.39 is 47.7 Å². The van der Waals surface area contributed by atoms with Crippen molar-refractivity contribution in [2.75, 3.05) is 0 Å². The van der Waals surface area contributed by atoms with Crippen LogP contribution < -0.4 is 9.47 Å². The molecule has 1 unspecified atom stereocenters. The predicted octanol–water partition coefficient (Wildman–Crippen LogP) is 10.4. The first-order chi connectivity index (χ1) is 32.8. The lowest BCUT2D eigenvalue weighted by Crippen LogP contribution is -2.26. The number of rotatable bonds is 5. The van der Waals surface area contributed by atoms with Gasteiger partial charge in [0.1, 0.15) is 81.2 Å². The standard InChI is InChI=1S/C56H42O12/c57-29-9-1-25(2-10-29)45-47-37(17-33(61)21-41(47)65)53-49-39(19-35(63)23-43(49)67-55(53)27-5-13-31(59)14-6-27)51(45)52-40-20-36(64)24-44-50(40)54(56(68-44)28-7-15-32(60)16-8-28)38-18-34(62)22-42(66)48(38)46(52)26-3-11-30(58)12-4-26/h1-24,45-46,51-66H/t45-,46-,51-,52?,53-,54-,55+,56+/m1/s1. The summed E-state index contributed by atoms with van der Waals surface area (Å²) in [5, 5.41) is 114. The van der Waals surface area contributed by atoms with E-state index in [9.17, 15) is 51.1 Å². The topological polar surface area (TPSA) is 221 Å². The summed E-state index contributed by atoms with van der Waals surface area (Å²) in [7, 11) is 0. The minimum absolute atomic E-state index is 0.0182. The van der Waals surface area contributed by atoms with Crippen molar-refractivity contribution in [3.8, 4) is 69.0 Å². The monoisotopic (exact) mass is 906 g/mol. The van der Waals surface area contributed by atoms with Crippen LogP contribution in [0.25, 0.3) is 0 Å². The SMILES string of the molecule is Oc1ccc([C@@H]2c3c(O)cc(O)cc3[C@@H]3c4c(cc(O)cc4C2[C@@H]2c4cc(O)cc5c4[C@@H](c4cc(O)cc(O)c4[C@H]2c2ccc(O)cc2)[C@H](c2ccc(O)cc2)O5)O[C@H]3c2ccc(O)cc2)cc1. The number of phenols is 10. The number of hydrogen-bond acceptors (Lipinski definition) is 12. The fraction of sp³-hybridized carbons (Fsp3) is 0.143. The third kappa shape index (κ3) is 6.20. The molecule has 12 heteroatoms. The molecule has 12 nitrogen and oxygen atoms in total. The molecule has 0 amide bonds. The third-order valence-corrected chi connectivity index (χ3v) is 14.5. The molecule has 68 heavy (non-hydrogen) atoms. The second-order valence-corrected chi connectivity index (χ2v) is 18.2. The van der Waals surface area contributed by atoms with E-state index in [0.717, 1.165) is 0 Å². The average Bonchev–Trinajstić information content (AvgIpc) is 3.81. The van der Waals surface area contributed by atoms with Crippen LogP contribution in [0.1, 0.15) is 114 Å². The fourth-order valence-electron chi connectivity index (χ4n) is 12.0. The van der Waals surface area contributed by atoms with Crippen LogP contribution >= 0.6 is 0 Å². The van der Waals surface area contributed by atoms with Crippen molar-refractivity contribution in [3.63, 3.8) is 0 Å².